The molecule has 0 rings (SSSR count). The van der Waals surface area contributed by atoms with Gasteiger partial charge in [-0.1, -0.05) is 48.0 Å². The molecule has 0 saturated heterocycles. The molecule has 0 saturated carbocycles. The zero-order valence-corrected chi connectivity index (χ0v) is 31.2. The van der Waals surface area contributed by atoms with Crippen molar-refractivity contribution < 1.29 is 58.5 Å². The predicted molar refractivity (Wildman–Crippen MR) is 188 cm³/mol. The maximum atomic E-state index is 13.5. The summed E-state index contributed by atoms with van der Waals surface area (Å²) in [4.78, 5) is 112. The van der Waals surface area contributed by atoms with Gasteiger partial charge in [-0.25, -0.2) is 4.79 Å². The maximum absolute atomic E-state index is 13.5. The molecular formula is C32H57N9O12. The van der Waals surface area contributed by atoms with Crippen LogP contribution in [0.15, 0.2) is 0 Å². The Bertz CT molecular complexity index is 1310. The first-order valence-electron chi connectivity index (χ1n) is 17.2. The molecule has 0 aromatic heterocycles. The minimum Gasteiger partial charge on any atom is -0.480 e. The van der Waals surface area contributed by atoms with E-state index in [1.807, 2.05) is 5.32 Å². The number of aliphatic carboxylic acids is 1. The maximum Gasteiger partial charge on any atom is 0.328 e. The highest BCUT2D eigenvalue weighted by Gasteiger charge is 2.34. The van der Waals surface area contributed by atoms with E-state index in [1.165, 1.54) is 6.92 Å². The van der Waals surface area contributed by atoms with Crippen molar-refractivity contribution in [2.24, 2.45) is 29.2 Å². The Morgan fingerprint density at radius 2 is 1.13 bits per heavy atom. The summed E-state index contributed by atoms with van der Waals surface area (Å²) < 4.78 is 0. The number of nitrogens with two attached hydrogens (primary N) is 2. The fraction of sp³-hybridized carbons (Fsp3) is 0.719. The third-order valence-electron chi connectivity index (χ3n) is 7.94. The molecule has 0 aliphatic heterocycles. The van der Waals surface area contributed by atoms with Crippen molar-refractivity contribution in [1.82, 2.24) is 37.2 Å². The number of carbonyl (C=O) groups excluding carboxylic acids is 8. The first kappa shape index (κ1) is 48.1. The van der Waals surface area contributed by atoms with E-state index in [2.05, 4.69) is 31.9 Å². The molecule has 53 heavy (non-hydrogen) atoms. The Morgan fingerprint density at radius 1 is 0.623 bits per heavy atom. The second-order valence-corrected chi connectivity index (χ2v) is 13.4. The lowest BCUT2D eigenvalue weighted by Gasteiger charge is -2.29. The summed E-state index contributed by atoms with van der Waals surface area (Å²) in [5.41, 5.74) is 10.7. The van der Waals surface area contributed by atoms with Crippen LogP contribution >= 0.6 is 0 Å². The average Bonchev–Trinajstić information content (AvgIpc) is 3.07. The molecule has 0 aromatic carbocycles. The second-order valence-electron chi connectivity index (χ2n) is 13.4. The summed E-state index contributed by atoms with van der Waals surface area (Å²) in [5.74, 6) is -9.29. The Hall–Kier alpha value is -4.89. The molecule has 8 amide bonds. The van der Waals surface area contributed by atoms with Crippen molar-refractivity contribution in [3.05, 3.63) is 0 Å². The fourth-order valence-corrected chi connectivity index (χ4v) is 4.61. The van der Waals surface area contributed by atoms with Crippen LogP contribution in [0.3, 0.4) is 0 Å². The van der Waals surface area contributed by atoms with Crippen LogP contribution in [0.4, 0.5) is 0 Å². The van der Waals surface area contributed by atoms with Gasteiger partial charge in [-0.05, 0) is 31.1 Å². The standard InChI is InChI=1S/C32H57N9O12/c1-8-16(6)25(31(51)37-19(9-14(2)3)28(48)38-20(12-42)29(49)39-21(13-43)32(52)53)41-26(46)17(7)36-23(45)11-35-30(50)24(15(4)5)40-27(47)18(33)10-22(34)44/h14-21,24-25,42-43H,8-13,33H2,1-7H3,(H2,34,44)(H,35,50)(H,36,45)(H,37,51)(H,38,48)(H,39,49)(H,40,47)(H,41,46)(H,52,53)/t16-,17-,18-,19-,20-,21-,24-,25-/m0/s1. The van der Waals surface area contributed by atoms with Gasteiger partial charge in [-0.2, -0.15) is 0 Å². The number of primary amides is 1. The number of carbonyl (C=O) groups is 9. The number of hydrogen-bond acceptors (Lipinski definition) is 12. The smallest absolute Gasteiger partial charge is 0.328 e. The molecule has 0 spiro atoms. The van der Waals surface area contributed by atoms with E-state index in [0.717, 1.165) is 0 Å². The van der Waals surface area contributed by atoms with Gasteiger partial charge in [0.05, 0.1) is 32.2 Å². The molecular weight excluding hydrogens is 702 g/mol. The van der Waals surface area contributed by atoms with Crippen LogP contribution in [0.1, 0.15) is 67.7 Å². The Labute approximate surface area is 307 Å². The number of rotatable bonds is 24. The van der Waals surface area contributed by atoms with E-state index in [0.29, 0.717) is 6.42 Å². The van der Waals surface area contributed by atoms with Crippen molar-refractivity contribution in [1.29, 1.82) is 0 Å². The van der Waals surface area contributed by atoms with Gasteiger partial charge in [-0.3, -0.25) is 38.4 Å². The summed E-state index contributed by atoms with van der Waals surface area (Å²) in [7, 11) is 0. The van der Waals surface area contributed by atoms with Gasteiger partial charge < -0.3 is 64.0 Å². The lowest BCUT2D eigenvalue weighted by atomic mass is 9.96. The molecule has 0 aliphatic carbocycles. The van der Waals surface area contributed by atoms with E-state index in [4.69, 9.17) is 16.6 Å². The lowest BCUT2D eigenvalue weighted by molar-refractivity contribution is -0.143. The number of carboxylic acids is 1. The highest BCUT2D eigenvalue weighted by molar-refractivity contribution is 5.97. The minimum absolute atomic E-state index is 0.0621. The topological polar surface area (TPSA) is 351 Å². The van der Waals surface area contributed by atoms with Crippen molar-refractivity contribution >= 4 is 53.2 Å². The third kappa shape index (κ3) is 17.5. The molecule has 302 valence electrons. The quantitative estimate of drug-likeness (QED) is 0.0439. The normalized spacial score (nSPS) is 15.6. The van der Waals surface area contributed by atoms with E-state index in [-0.39, 0.29) is 12.3 Å². The zero-order chi connectivity index (χ0) is 41.2. The molecule has 0 heterocycles. The molecule has 0 aliphatic rings. The van der Waals surface area contributed by atoms with Crippen LogP contribution in [0, 0.1) is 17.8 Å². The molecule has 8 atom stereocenters. The van der Waals surface area contributed by atoms with E-state index < -0.39 is 134 Å². The second kappa shape index (κ2) is 23.6. The highest BCUT2D eigenvalue weighted by atomic mass is 16.4. The summed E-state index contributed by atoms with van der Waals surface area (Å²) in [5, 5.41) is 44.5. The average molecular weight is 760 g/mol. The van der Waals surface area contributed by atoms with Crippen LogP contribution in [0.25, 0.3) is 0 Å². The molecule has 0 aromatic rings. The molecule has 14 N–H and O–H groups in total. The summed E-state index contributed by atoms with van der Waals surface area (Å²) in [6.45, 7) is 9.04. The number of hydrogen-bond donors (Lipinski definition) is 12. The fourth-order valence-electron chi connectivity index (χ4n) is 4.61. The van der Waals surface area contributed by atoms with E-state index >= 15 is 0 Å². The zero-order valence-electron chi connectivity index (χ0n) is 31.2. The van der Waals surface area contributed by atoms with Crippen molar-refractivity contribution in [2.45, 2.75) is 110 Å². The van der Waals surface area contributed by atoms with Crippen molar-refractivity contribution in [3.8, 4) is 0 Å². The van der Waals surface area contributed by atoms with Gasteiger partial charge in [0, 0.05) is 0 Å². The Morgan fingerprint density at radius 3 is 1.60 bits per heavy atom. The molecule has 0 fully saturated rings. The van der Waals surface area contributed by atoms with Gasteiger partial charge in [0.2, 0.25) is 47.3 Å². The Kier molecular flexibility index (Phi) is 21.4. The number of aliphatic hydroxyl groups is 2. The van der Waals surface area contributed by atoms with Crippen LogP contribution < -0.4 is 48.7 Å². The third-order valence-corrected chi connectivity index (χ3v) is 7.94. The summed E-state index contributed by atoms with van der Waals surface area (Å²) >= 11 is 0. The lowest BCUT2D eigenvalue weighted by Crippen LogP contribution is -2.60. The number of nitrogens with one attached hydrogen (secondary N) is 7. The summed E-state index contributed by atoms with van der Waals surface area (Å²) in [6.07, 6.45) is 0.0198. The van der Waals surface area contributed by atoms with Gasteiger partial charge in [0.1, 0.15) is 36.3 Å². The molecule has 0 radical (unpaired) electrons. The van der Waals surface area contributed by atoms with Crippen LogP contribution in [-0.4, -0.2) is 131 Å². The first-order chi connectivity index (χ1) is 24.6. The van der Waals surface area contributed by atoms with Crippen LogP contribution in [0.2, 0.25) is 0 Å². The SMILES string of the molecule is CC[C@H](C)[C@H](NC(=O)[C@H](C)NC(=O)CNC(=O)[C@@H](NC(=O)[C@@H](N)CC(N)=O)C(C)C)C(=O)N[C@@H](CC(C)C)C(=O)N[C@@H](CO)C(=O)N[C@@H](CO)C(=O)O. The number of amides is 8. The monoisotopic (exact) mass is 759 g/mol. The van der Waals surface area contributed by atoms with Gasteiger partial charge in [0.25, 0.3) is 0 Å². The van der Waals surface area contributed by atoms with E-state index in [1.54, 1.807) is 41.5 Å². The largest absolute Gasteiger partial charge is 0.480 e. The predicted octanol–water partition coefficient (Wildman–Crippen LogP) is -4.95. The minimum atomic E-state index is -1.69. The van der Waals surface area contributed by atoms with Gasteiger partial charge in [0.15, 0.2) is 0 Å². The molecule has 21 heteroatoms. The number of carboxylic acid groups (broad SMARTS) is 1. The van der Waals surface area contributed by atoms with Crippen LogP contribution in [-0.2, 0) is 43.2 Å². The first-order valence-corrected chi connectivity index (χ1v) is 17.2. The van der Waals surface area contributed by atoms with Crippen molar-refractivity contribution in [2.75, 3.05) is 19.8 Å². The van der Waals surface area contributed by atoms with Crippen molar-refractivity contribution in [3.63, 3.8) is 0 Å². The summed E-state index contributed by atoms with van der Waals surface area (Å²) in [6, 6.07) is -9.39. The molecule has 0 unspecified atom stereocenters. The van der Waals surface area contributed by atoms with E-state index in [9.17, 15) is 53.4 Å². The number of aliphatic hydroxyl groups excluding tert-OH is 2. The molecule has 0 bridgehead atoms. The van der Waals surface area contributed by atoms with Gasteiger partial charge in [-0.15, -0.1) is 0 Å². The Balaban J connectivity index is 5.61. The molecule has 21 nitrogen and oxygen atoms in total. The van der Waals surface area contributed by atoms with Gasteiger partial charge >= 0.3 is 5.97 Å². The van der Waals surface area contributed by atoms with Crippen LogP contribution in [0.5, 0.6) is 0 Å². The highest BCUT2D eigenvalue weighted by Crippen LogP contribution is 2.12.